The molecule has 1 rings (SSSR count). The van der Waals surface area contributed by atoms with Crippen LogP contribution in [0.25, 0.3) is 12.2 Å². The van der Waals surface area contributed by atoms with Crippen molar-refractivity contribution in [2.45, 2.75) is 39.0 Å². The topological polar surface area (TPSA) is 23.1 Å². The number of hydrogen-bond acceptors (Lipinski definition) is 2. The van der Waals surface area contributed by atoms with Gasteiger partial charge < -0.3 is 4.55 Å². The molecule has 3 heteroatoms. The van der Waals surface area contributed by atoms with Crippen LogP contribution in [0.3, 0.4) is 0 Å². The van der Waals surface area contributed by atoms with Crippen molar-refractivity contribution in [2.24, 2.45) is 0 Å². The molecule has 0 aliphatic heterocycles. The lowest BCUT2D eigenvalue weighted by molar-refractivity contribution is 0.608. The molecule has 0 aromatic heterocycles. The zero-order valence-corrected chi connectivity index (χ0v) is 14.9. The molecule has 1 aromatic carbocycles. The van der Waals surface area contributed by atoms with E-state index in [1.807, 2.05) is 12.3 Å². The van der Waals surface area contributed by atoms with Gasteiger partial charge in [0.15, 0.2) is 4.24 Å². The van der Waals surface area contributed by atoms with Crippen LogP contribution in [0.1, 0.15) is 50.2 Å². The number of thioether (sulfide) groups is 1. The van der Waals surface area contributed by atoms with Gasteiger partial charge in [0.25, 0.3) is 0 Å². The highest BCUT2D eigenvalue weighted by Crippen LogP contribution is 2.22. The van der Waals surface area contributed by atoms with Crippen LogP contribution < -0.4 is 0 Å². The Balaban J connectivity index is 2.62. The molecule has 0 N–H and O–H groups in total. The lowest BCUT2D eigenvalue weighted by Gasteiger charge is -2.06. The fourth-order valence-corrected chi connectivity index (χ4v) is 3.55. The van der Waals surface area contributed by atoms with Crippen LogP contribution in [0.2, 0.25) is 0 Å². The predicted octanol–water partition coefficient (Wildman–Crippen LogP) is 5.71. The Kier molecular flexibility index (Phi) is 9.64. The molecule has 1 nitrogen and oxygen atoms in total. The molecule has 1 unspecified atom stereocenters. The molecular weight excluding hydrogens is 296 g/mol. The summed E-state index contributed by atoms with van der Waals surface area (Å²) in [5.74, 6) is 0. The molecule has 21 heavy (non-hydrogen) atoms. The summed E-state index contributed by atoms with van der Waals surface area (Å²) >= 11 is 0.636. The van der Waals surface area contributed by atoms with Gasteiger partial charge >= 0.3 is 0 Å². The third-order valence-corrected chi connectivity index (χ3v) is 5.62. The van der Waals surface area contributed by atoms with E-state index in [4.69, 9.17) is 0 Å². The van der Waals surface area contributed by atoms with Crippen molar-refractivity contribution in [2.75, 3.05) is 12.5 Å². The molecule has 116 valence electrons. The summed E-state index contributed by atoms with van der Waals surface area (Å²) in [6.07, 6.45) is 16.5. The second-order valence-electron chi connectivity index (χ2n) is 5.04. The van der Waals surface area contributed by atoms with Gasteiger partial charge in [-0.1, -0.05) is 68.3 Å². The van der Waals surface area contributed by atoms with Crippen molar-refractivity contribution < 1.29 is 4.55 Å². The molecule has 0 saturated carbocycles. The first-order chi connectivity index (χ1) is 10.2. The van der Waals surface area contributed by atoms with E-state index in [1.165, 1.54) is 31.2 Å². The second kappa shape index (κ2) is 11.0. The Morgan fingerprint density at radius 1 is 1.24 bits per heavy atom. The highest BCUT2D eigenvalue weighted by Gasteiger charge is 2.06. The van der Waals surface area contributed by atoms with Gasteiger partial charge in [0.2, 0.25) is 0 Å². The summed E-state index contributed by atoms with van der Waals surface area (Å²) in [6.45, 7) is 2.24. The van der Waals surface area contributed by atoms with E-state index in [0.29, 0.717) is 0 Å². The first kappa shape index (κ1) is 18.4. The van der Waals surface area contributed by atoms with Gasteiger partial charge in [0.1, 0.15) is 6.26 Å². The zero-order valence-electron chi connectivity index (χ0n) is 13.3. The Morgan fingerprint density at radius 2 is 2.00 bits per heavy atom. The molecule has 0 bridgehead atoms. The smallest absolute Gasteiger partial charge is 0.186 e. The van der Waals surface area contributed by atoms with Gasteiger partial charge in [0.05, 0.1) is 0 Å². The molecule has 0 saturated heterocycles. The van der Waals surface area contributed by atoms with Crippen LogP contribution >= 0.6 is 11.8 Å². The summed E-state index contributed by atoms with van der Waals surface area (Å²) in [5.41, 5.74) is 2.32. The largest absolute Gasteiger partial charge is 0.611 e. The van der Waals surface area contributed by atoms with Gasteiger partial charge in [-0.3, -0.25) is 0 Å². The first-order valence-corrected chi connectivity index (χ1v) is 10.3. The third-order valence-electron chi connectivity index (χ3n) is 3.21. The van der Waals surface area contributed by atoms with E-state index in [2.05, 4.69) is 43.3 Å². The quantitative estimate of drug-likeness (QED) is 0.429. The number of benzene rings is 1. The average molecular weight is 323 g/mol. The van der Waals surface area contributed by atoms with Crippen LogP contribution in [0.15, 0.2) is 34.6 Å². The highest BCUT2D eigenvalue weighted by atomic mass is 32.3. The van der Waals surface area contributed by atoms with Crippen molar-refractivity contribution in [3.05, 3.63) is 45.7 Å². The molecule has 0 radical (unpaired) electrons. The average Bonchev–Trinajstić information content (AvgIpc) is 2.48. The fraction of sp³-hybridized carbons (Fsp3) is 0.444. The first-order valence-electron chi connectivity index (χ1n) is 7.53. The van der Waals surface area contributed by atoms with E-state index < -0.39 is 11.2 Å². The summed E-state index contributed by atoms with van der Waals surface area (Å²) in [7, 11) is 0. The Hall–Kier alpha value is -0.640. The molecular formula is C18H26OS2. The summed E-state index contributed by atoms with van der Waals surface area (Å²) in [5, 5.41) is 0. The minimum absolute atomic E-state index is 0.913. The normalized spacial score (nSPS) is 13.8. The van der Waals surface area contributed by atoms with E-state index in [0.717, 1.165) is 16.2 Å². The van der Waals surface area contributed by atoms with Gasteiger partial charge in [-0.2, -0.15) is 0 Å². The second-order valence-corrected chi connectivity index (χ2v) is 7.50. The minimum Gasteiger partial charge on any atom is -0.611 e. The number of rotatable bonds is 9. The van der Waals surface area contributed by atoms with Crippen LogP contribution in [0, 0.1) is 0 Å². The number of hydrogen-bond donors (Lipinski definition) is 0. The SMILES string of the molecule is CCCCCCC=Cc1cccc(C=C(SC)[S+](C)[O-])c1. The van der Waals surface area contributed by atoms with Gasteiger partial charge in [-0.25, -0.2) is 0 Å². The molecule has 1 atom stereocenters. The third kappa shape index (κ3) is 7.79. The number of unbranched alkanes of at least 4 members (excludes halogenated alkanes) is 4. The predicted molar refractivity (Wildman–Crippen MR) is 99.8 cm³/mol. The molecule has 0 aliphatic rings. The molecule has 0 aliphatic carbocycles. The van der Waals surface area contributed by atoms with Crippen molar-refractivity contribution >= 4 is 35.1 Å². The van der Waals surface area contributed by atoms with Crippen molar-refractivity contribution in [1.82, 2.24) is 0 Å². The summed E-state index contributed by atoms with van der Waals surface area (Å²) < 4.78 is 12.5. The van der Waals surface area contributed by atoms with Crippen molar-refractivity contribution in [3.8, 4) is 0 Å². The lowest BCUT2D eigenvalue weighted by atomic mass is 10.1. The Bertz CT molecular complexity index is 464. The zero-order chi connectivity index (χ0) is 15.5. The molecule has 0 fully saturated rings. The summed E-state index contributed by atoms with van der Waals surface area (Å²) in [6, 6.07) is 8.37. The van der Waals surface area contributed by atoms with E-state index >= 15 is 0 Å². The molecule has 1 aromatic rings. The maximum atomic E-state index is 11.6. The standard InChI is InChI=1S/C18H26OS2/c1-4-5-6-7-8-9-11-16-12-10-13-17(14-16)15-18(20-2)21(3)19/h9-15H,4-8H2,1-3H3. The maximum absolute atomic E-state index is 11.6. The van der Waals surface area contributed by atoms with Gasteiger partial charge in [-0.05, 0) is 47.5 Å². The van der Waals surface area contributed by atoms with Gasteiger partial charge in [0, 0.05) is 6.08 Å². The fourth-order valence-electron chi connectivity index (χ4n) is 2.06. The van der Waals surface area contributed by atoms with Crippen molar-refractivity contribution in [3.63, 3.8) is 0 Å². The van der Waals surface area contributed by atoms with Crippen LogP contribution in [-0.4, -0.2) is 17.1 Å². The monoisotopic (exact) mass is 322 g/mol. The van der Waals surface area contributed by atoms with Crippen LogP contribution in [0.4, 0.5) is 0 Å². The van der Waals surface area contributed by atoms with E-state index in [-0.39, 0.29) is 0 Å². The molecule has 0 amide bonds. The Morgan fingerprint density at radius 3 is 2.67 bits per heavy atom. The lowest BCUT2D eigenvalue weighted by Crippen LogP contribution is -1.96. The molecule has 0 heterocycles. The van der Waals surface area contributed by atoms with E-state index in [9.17, 15) is 4.55 Å². The highest BCUT2D eigenvalue weighted by molar-refractivity contribution is 8.18. The maximum Gasteiger partial charge on any atom is 0.186 e. The van der Waals surface area contributed by atoms with Gasteiger partial charge in [-0.15, -0.1) is 0 Å². The minimum atomic E-state index is -0.915. The molecule has 0 spiro atoms. The van der Waals surface area contributed by atoms with E-state index in [1.54, 1.807) is 18.0 Å². The van der Waals surface area contributed by atoms with Crippen LogP contribution in [0.5, 0.6) is 0 Å². The Labute approximate surface area is 137 Å². The van der Waals surface area contributed by atoms with Crippen LogP contribution in [-0.2, 0) is 11.2 Å². The number of allylic oxidation sites excluding steroid dienone is 1. The van der Waals surface area contributed by atoms with Crippen molar-refractivity contribution in [1.29, 1.82) is 0 Å². The summed E-state index contributed by atoms with van der Waals surface area (Å²) in [4.78, 5) is 0.